The van der Waals surface area contributed by atoms with Crippen molar-refractivity contribution < 1.29 is 19.2 Å². The Morgan fingerprint density at radius 3 is 2.14 bits per heavy atom. The molecular formula is C20H30N4O4. The first-order valence-corrected chi connectivity index (χ1v) is 10.1. The van der Waals surface area contributed by atoms with Gasteiger partial charge in [-0.15, -0.1) is 0 Å². The lowest BCUT2D eigenvalue weighted by atomic mass is 9.71. The number of piperidine rings is 1. The first kappa shape index (κ1) is 19.2. The molecule has 4 rings (SSSR count). The van der Waals surface area contributed by atoms with Crippen LogP contribution in [0.4, 0.5) is 0 Å². The standard InChI is InChI=1S/C20H30N4O4/c1-19(2)6-13(19)18(28)24-10-20(11-24)9-23(8-14(20)16(21)26)17(27)12-4-5-15(25)22(3)7-12/h12-14H,4-11H2,1-3H3,(H2,21,26). The van der Waals surface area contributed by atoms with E-state index in [1.54, 1.807) is 16.8 Å². The molecule has 4 aliphatic rings. The third-order valence-corrected chi connectivity index (χ3v) is 7.41. The van der Waals surface area contributed by atoms with Crippen LogP contribution >= 0.6 is 0 Å². The Labute approximate surface area is 165 Å². The van der Waals surface area contributed by atoms with Crippen molar-refractivity contribution in [2.75, 3.05) is 39.8 Å². The molecule has 28 heavy (non-hydrogen) atoms. The Balaban J connectivity index is 1.42. The fraction of sp³-hybridized carbons (Fsp3) is 0.800. The second-order valence-corrected chi connectivity index (χ2v) is 9.99. The fourth-order valence-electron chi connectivity index (χ4n) is 5.30. The van der Waals surface area contributed by atoms with E-state index in [1.807, 2.05) is 4.90 Å². The highest BCUT2D eigenvalue weighted by atomic mass is 16.2. The molecule has 1 spiro atoms. The van der Waals surface area contributed by atoms with Crippen LogP contribution in [0.15, 0.2) is 0 Å². The SMILES string of the molecule is CN1CC(C(=O)N2CC(C(N)=O)C3(C2)CN(C(=O)C2CC2(C)C)C3)CCC1=O. The van der Waals surface area contributed by atoms with Crippen LogP contribution in [0.25, 0.3) is 0 Å². The summed E-state index contributed by atoms with van der Waals surface area (Å²) < 4.78 is 0. The van der Waals surface area contributed by atoms with Gasteiger partial charge in [-0.05, 0) is 18.3 Å². The number of amides is 4. The van der Waals surface area contributed by atoms with Crippen LogP contribution < -0.4 is 5.73 Å². The van der Waals surface area contributed by atoms with Crippen molar-refractivity contribution in [2.45, 2.75) is 33.1 Å². The largest absolute Gasteiger partial charge is 0.369 e. The molecule has 3 saturated heterocycles. The minimum absolute atomic E-state index is 0.00409. The minimum Gasteiger partial charge on any atom is -0.369 e. The molecule has 8 nitrogen and oxygen atoms in total. The summed E-state index contributed by atoms with van der Waals surface area (Å²) in [6, 6.07) is 0. The molecule has 0 aromatic rings. The average Bonchev–Trinajstić information content (AvgIpc) is 3.05. The molecule has 3 heterocycles. The van der Waals surface area contributed by atoms with E-state index in [1.165, 1.54) is 0 Å². The van der Waals surface area contributed by atoms with Gasteiger partial charge >= 0.3 is 0 Å². The van der Waals surface area contributed by atoms with Gasteiger partial charge < -0.3 is 20.4 Å². The fourth-order valence-corrected chi connectivity index (χ4v) is 5.30. The van der Waals surface area contributed by atoms with Crippen molar-refractivity contribution in [3.63, 3.8) is 0 Å². The van der Waals surface area contributed by atoms with Gasteiger partial charge in [0.15, 0.2) is 0 Å². The topological polar surface area (TPSA) is 104 Å². The highest BCUT2D eigenvalue weighted by molar-refractivity contribution is 5.87. The minimum atomic E-state index is -0.421. The number of nitrogens with zero attached hydrogens (tertiary/aromatic N) is 3. The number of rotatable bonds is 3. The van der Waals surface area contributed by atoms with Crippen LogP contribution in [0.3, 0.4) is 0 Å². The maximum Gasteiger partial charge on any atom is 0.227 e. The van der Waals surface area contributed by atoms with Crippen molar-refractivity contribution >= 4 is 23.6 Å². The maximum absolute atomic E-state index is 13.0. The van der Waals surface area contributed by atoms with E-state index < -0.39 is 17.2 Å². The molecule has 1 saturated carbocycles. The molecule has 2 N–H and O–H groups in total. The third-order valence-electron chi connectivity index (χ3n) is 7.41. The van der Waals surface area contributed by atoms with E-state index in [9.17, 15) is 19.2 Å². The first-order chi connectivity index (χ1) is 13.0. The predicted octanol–water partition coefficient (Wildman–Crippen LogP) is -0.327. The van der Waals surface area contributed by atoms with Gasteiger partial charge in [0.1, 0.15) is 0 Å². The Morgan fingerprint density at radius 2 is 1.61 bits per heavy atom. The molecule has 0 radical (unpaired) electrons. The molecule has 8 heteroatoms. The normalized spacial score (nSPS) is 33.0. The summed E-state index contributed by atoms with van der Waals surface area (Å²) in [6.07, 6.45) is 1.84. The van der Waals surface area contributed by atoms with Crippen LogP contribution in [-0.2, 0) is 19.2 Å². The number of hydrogen-bond acceptors (Lipinski definition) is 4. The molecule has 0 aromatic heterocycles. The zero-order valence-corrected chi connectivity index (χ0v) is 16.9. The van der Waals surface area contributed by atoms with Crippen molar-refractivity contribution in [3.8, 4) is 0 Å². The maximum atomic E-state index is 13.0. The summed E-state index contributed by atoms with van der Waals surface area (Å²) in [7, 11) is 1.72. The molecule has 4 fully saturated rings. The van der Waals surface area contributed by atoms with E-state index in [2.05, 4.69) is 13.8 Å². The van der Waals surface area contributed by atoms with Crippen molar-refractivity contribution in [3.05, 3.63) is 0 Å². The summed E-state index contributed by atoms with van der Waals surface area (Å²) in [5, 5.41) is 0. The summed E-state index contributed by atoms with van der Waals surface area (Å²) in [4.78, 5) is 54.6. The van der Waals surface area contributed by atoms with Gasteiger partial charge in [0, 0.05) is 57.5 Å². The van der Waals surface area contributed by atoms with Crippen LogP contribution in [-0.4, -0.2) is 78.1 Å². The summed E-state index contributed by atoms with van der Waals surface area (Å²) in [5.41, 5.74) is 5.33. The number of hydrogen-bond donors (Lipinski definition) is 1. The summed E-state index contributed by atoms with van der Waals surface area (Å²) >= 11 is 0. The molecule has 3 atom stereocenters. The second-order valence-electron chi connectivity index (χ2n) is 9.99. The van der Waals surface area contributed by atoms with Crippen molar-refractivity contribution in [1.29, 1.82) is 0 Å². The van der Waals surface area contributed by atoms with Crippen molar-refractivity contribution in [2.24, 2.45) is 34.3 Å². The third kappa shape index (κ3) is 2.97. The Kier molecular flexibility index (Phi) is 4.25. The van der Waals surface area contributed by atoms with Gasteiger partial charge in [0.05, 0.1) is 11.8 Å². The number of nitrogens with two attached hydrogens (primary N) is 1. The predicted molar refractivity (Wildman–Crippen MR) is 101 cm³/mol. The van der Waals surface area contributed by atoms with Crippen LogP contribution in [0.5, 0.6) is 0 Å². The van der Waals surface area contributed by atoms with Gasteiger partial charge in [-0.1, -0.05) is 13.8 Å². The van der Waals surface area contributed by atoms with Gasteiger partial charge in [0.2, 0.25) is 23.6 Å². The molecule has 0 aromatic carbocycles. The summed E-state index contributed by atoms with van der Waals surface area (Å²) in [6.45, 7) is 6.39. The van der Waals surface area contributed by atoms with Crippen LogP contribution in [0.2, 0.25) is 0 Å². The highest BCUT2D eigenvalue weighted by Crippen LogP contribution is 2.54. The first-order valence-electron chi connectivity index (χ1n) is 10.1. The smallest absolute Gasteiger partial charge is 0.227 e. The molecular weight excluding hydrogens is 360 g/mol. The Bertz CT molecular complexity index is 742. The number of primary amides is 1. The molecule has 4 amide bonds. The zero-order chi connectivity index (χ0) is 20.4. The Hall–Kier alpha value is -2.12. The van der Waals surface area contributed by atoms with Crippen LogP contribution in [0, 0.1) is 28.6 Å². The summed E-state index contributed by atoms with van der Waals surface area (Å²) in [5.74, 6) is -0.747. The Morgan fingerprint density at radius 1 is 1.00 bits per heavy atom. The lowest BCUT2D eigenvalue weighted by molar-refractivity contribution is -0.151. The molecule has 3 unspecified atom stereocenters. The average molecular weight is 390 g/mol. The second kappa shape index (κ2) is 6.19. The molecule has 154 valence electrons. The van der Waals surface area contributed by atoms with Crippen molar-refractivity contribution in [1.82, 2.24) is 14.7 Å². The molecule has 0 bridgehead atoms. The van der Waals surface area contributed by atoms with Gasteiger partial charge in [-0.2, -0.15) is 0 Å². The van der Waals surface area contributed by atoms with Gasteiger partial charge in [0.25, 0.3) is 0 Å². The molecule has 1 aliphatic carbocycles. The van der Waals surface area contributed by atoms with E-state index in [4.69, 9.17) is 5.73 Å². The van der Waals surface area contributed by atoms with E-state index in [0.717, 1.165) is 6.42 Å². The zero-order valence-electron chi connectivity index (χ0n) is 16.9. The highest BCUT2D eigenvalue weighted by Gasteiger charge is 2.61. The monoisotopic (exact) mass is 390 g/mol. The number of carbonyl (C=O) groups is 4. The van der Waals surface area contributed by atoms with E-state index in [-0.39, 0.29) is 35.0 Å². The van der Waals surface area contributed by atoms with Gasteiger partial charge in [-0.25, -0.2) is 0 Å². The van der Waals surface area contributed by atoms with E-state index in [0.29, 0.717) is 45.6 Å². The van der Waals surface area contributed by atoms with Crippen LogP contribution in [0.1, 0.15) is 33.1 Å². The quantitative estimate of drug-likeness (QED) is 0.713. The van der Waals surface area contributed by atoms with Gasteiger partial charge in [-0.3, -0.25) is 19.2 Å². The molecule has 3 aliphatic heterocycles. The lowest BCUT2D eigenvalue weighted by Crippen LogP contribution is -2.64. The van der Waals surface area contributed by atoms with E-state index >= 15 is 0 Å². The number of carbonyl (C=O) groups excluding carboxylic acids is 4. The number of likely N-dealkylation sites (tertiary alicyclic amines) is 3. The lowest BCUT2D eigenvalue weighted by Gasteiger charge is -2.50.